The molecule has 8 nitrogen and oxygen atoms in total. The highest BCUT2D eigenvalue weighted by Crippen LogP contribution is 2.28. The zero-order valence-corrected chi connectivity index (χ0v) is 22.1. The van der Waals surface area contributed by atoms with E-state index in [2.05, 4.69) is 36.8 Å². The van der Waals surface area contributed by atoms with Crippen molar-refractivity contribution in [2.24, 2.45) is 4.99 Å². The van der Waals surface area contributed by atoms with E-state index < -0.39 is 0 Å². The van der Waals surface area contributed by atoms with Crippen molar-refractivity contribution in [3.8, 4) is 5.75 Å². The highest BCUT2D eigenvalue weighted by molar-refractivity contribution is 14.0. The number of nitrogens with one attached hydrogen (secondary N) is 3. The minimum atomic E-state index is -0.196. The number of methoxy groups -OCH3 is 1. The van der Waals surface area contributed by atoms with E-state index in [-0.39, 0.29) is 36.0 Å². The number of piperazine rings is 1. The molecule has 0 radical (unpaired) electrons. The molecule has 0 bridgehead atoms. The normalized spacial score (nSPS) is 13.9. The second-order valence-electron chi connectivity index (χ2n) is 8.00. The van der Waals surface area contributed by atoms with Gasteiger partial charge in [-0.05, 0) is 43.7 Å². The zero-order valence-electron chi connectivity index (χ0n) is 19.8. The minimum absolute atomic E-state index is 0. The topological polar surface area (TPSA) is 81.2 Å². The molecule has 33 heavy (non-hydrogen) atoms. The number of nitrogens with zero attached hydrogens (tertiary/aromatic N) is 3. The molecule has 9 heteroatoms. The molecule has 0 spiro atoms. The van der Waals surface area contributed by atoms with Gasteiger partial charge >= 0.3 is 6.03 Å². The third kappa shape index (κ3) is 7.69. The molecule has 0 atom stereocenters. The zero-order chi connectivity index (χ0) is 22.9. The van der Waals surface area contributed by atoms with Crippen LogP contribution in [0.4, 0.5) is 16.2 Å². The Balaban J connectivity index is 0.00000385. The van der Waals surface area contributed by atoms with Gasteiger partial charge in [-0.3, -0.25) is 4.99 Å². The van der Waals surface area contributed by atoms with Gasteiger partial charge in [0.1, 0.15) is 5.75 Å². The smallest absolute Gasteiger partial charge is 0.319 e. The number of ether oxygens (including phenoxy) is 1. The van der Waals surface area contributed by atoms with Crippen molar-refractivity contribution < 1.29 is 9.53 Å². The number of guanidine groups is 1. The number of hydrogen-bond donors (Lipinski definition) is 3. The molecule has 180 valence electrons. The number of carbonyl (C=O) groups is 1. The lowest BCUT2D eigenvalue weighted by Gasteiger charge is -2.38. The van der Waals surface area contributed by atoms with Crippen LogP contribution in [0, 0.1) is 0 Å². The van der Waals surface area contributed by atoms with Crippen molar-refractivity contribution in [1.82, 2.24) is 15.5 Å². The number of rotatable bonds is 6. The molecule has 1 saturated heterocycles. The molecule has 1 aliphatic heterocycles. The van der Waals surface area contributed by atoms with Crippen LogP contribution in [0.25, 0.3) is 0 Å². The molecule has 2 amide bonds. The van der Waals surface area contributed by atoms with Gasteiger partial charge in [0.2, 0.25) is 0 Å². The first-order chi connectivity index (χ1) is 15.5. The largest absolute Gasteiger partial charge is 0.495 e. The fraction of sp³-hybridized carbons (Fsp3) is 0.417. The lowest BCUT2D eigenvalue weighted by Crippen LogP contribution is -2.52. The van der Waals surface area contributed by atoms with Crippen molar-refractivity contribution >= 4 is 47.3 Å². The van der Waals surface area contributed by atoms with Crippen LogP contribution in [0.2, 0.25) is 0 Å². The lowest BCUT2D eigenvalue weighted by molar-refractivity contribution is 0.250. The first kappa shape index (κ1) is 26.6. The van der Waals surface area contributed by atoms with Crippen molar-refractivity contribution in [3.05, 3.63) is 54.1 Å². The van der Waals surface area contributed by atoms with Crippen LogP contribution in [0.1, 0.15) is 19.4 Å². The molecule has 3 N–H and O–H groups in total. The minimum Gasteiger partial charge on any atom is -0.495 e. The summed E-state index contributed by atoms with van der Waals surface area (Å²) < 4.78 is 5.51. The molecule has 3 rings (SSSR count). The number of benzene rings is 2. The Bertz CT molecular complexity index is 911. The maximum atomic E-state index is 11.8. The standard InChI is InChI=1S/C24H34N6O2.HI/c1-18(2)27-24(31)28-20-11-9-19(10-12-20)17-26-23(25-3)30-15-13-29(14-16-30)21-7-5-6-8-22(21)32-4;/h5-12,18H,13-17H2,1-4H3,(H,25,26)(H2,27,28,31);1H. The number of para-hydroxylation sites is 2. The predicted octanol–water partition coefficient (Wildman–Crippen LogP) is 3.74. The highest BCUT2D eigenvalue weighted by Gasteiger charge is 2.21. The van der Waals surface area contributed by atoms with E-state index in [0.717, 1.165) is 54.8 Å². The van der Waals surface area contributed by atoms with E-state index in [1.165, 1.54) is 0 Å². The van der Waals surface area contributed by atoms with Gasteiger partial charge in [-0.1, -0.05) is 24.3 Å². The third-order valence-electron chi connectivity index (χ3n) is 5.30. The summed E-state index contributed by atoms with van der Waals surface area (Å²) in [7, 11) is 3.53. The van der Waals surface area contributed by atoms with Crippen LogP contribution < -0.4 is 25.6 Å². The molecule has 1 fully saturated rings. The molecule has 1 aliphatic rings. The second kappa shape index (κ2) is 13.1. The summed E-state index contributed by atoms with van der Waals surface area (Å²) in [4.78, 5) is 20.9. The molecule has 2 aromatic carbocycles. The van der Waals surface area contributed by atoms with Crippen LogP contribution >= 0.6 is 24.0 Å². The van der Waals surface area contributed by atoms with Gasteiger partial charge in [0.25, 0.3) is 0 Å². The average molecular weight is 566 g/mol. The Morgan fingerprint density at radius 1 is 1.06 bits per heavy atom. The number of aliphatic imine (C=N–C) groups is 1. The fourth-order valence-corrected chi connectivity index (χ4v) is 3.70. The summed E-state index contributed by atoms with van der Waals surface area (Å²) in [5, 5.41) is 9.11. The summed E-state index contributed by atoms with van der Waals surface area (Å²) >= 11 is 0. The Morgan fingerprint density at radius 2 is 1.73 bits per heavy atom. The maximum absolute atomic E-state index is 11.8. The number of anilines is 2. The SMILES string of the molecule is CN=C(NCc1ccc(NC(=O)NC(C)C)cc1)N1CCN(c2ccccc2OC)CC1.I. The van der Waals surface area contributed by atoms with Gasteiger partial charge in [-0.25, -0.2) is 4.79 Å². The third-order valence-corrected chi connectivity index (χ3v) is 5.30. The highest BCUT2D eigenvalue weighted by atomic mass is 127. The van der Waals surface area contributed by atoms with Crippen molar-refractivity contribution in [1.29, 1.82) is 0 Å². The predicted molar refractivity (Wildman–Crippen MR) is 146 cm³/mol. The molecule has 1 heterocycles. The van der Waals surface area contributed by atoms with Gasteiger partial charge in [0.15, 0.2) is 5.96 Å². The number of urea groups is 1. The van der Waals surface area contributed by atoms with Gasteiger partial charge in [-0.15, -0.1) is 24.0 Å². The van der Waals surface area contributed by atoms with Crippen LogP contribution in [0.3, 0.4) is 0 Å². The summed E-state index contributed by atoms with van der Waals surface area (Å²) in [5.74, 6) is 1.80. The molecular formula is C24H35IN6O2. The number of hydrogen-bond acceptors (Lipinski definition) is 4. The van der Waals surface area contributed by atoms with Gasteiger partial charge < -0.3 is 30.5 Å². The van der Waals surface area contributed by atoms with Crippen molar-refractivity contribution in [2.45, 2.75) is 26.4 Å². The second-order valence-corrected chi connectivity index (χ2v) is 8.00. The van der Waals surface area contributed by atoms with Crippen LogP contribution in [0.15, 0.2) is 53.5 Å². The van der Waals surface area contributed by atoms with E-state index in [4.69, 9.17) is 4.74 Å². The van der Waals surface area contributed by atoms with E-state index in [9.17, 15) is 4.79 Å². The summed E-state index contributed by atoms with van der Waals surface area (Å²) in [6, 6.07) is 15.9. The first-order valence-electron chi connectivity index (χ1n) is 11.0. The van der Waals surface area contributed by atoms with Crippen LogP contribution in [-0.2, 0) is 6.54 Å². The van der Waals surface area contributed by atoms with Gasteiger partial charge in [0.05, 0.1) is 12.8 Å². The fourth-order valence-electron chi connectivity index (χ4n) is 3.70. The summed E-state index contributed by atoms with van der Waals surface area (Å²) in [6.07, 6.45) is 0. The van der Waals surface area contributed by atoms with E-state index in [1.54, 1.807) is 7.11 Å². The van der Waals surface area contributed by atoms with Crippen molar-refractivity contribution in [3.63, 3.8) is 0 Å². The van der Waals surface area contributed by atoms with Crippen molar-refractivity contribution in [2.75, 3.05) is 50.6 Å². The molecular weight excluding hydrogens is 531 g/mol. The maximum Gasteiger partial charge on any atom is 0.319 e. The quantitative estimate of drug-likeness (QED) is 0.282. The van der Waals surface area contributed by atoms with Crippen LogP contribution in [-0.4, -0.2) is 63.3 Å². The Labute approximate surface area is 213 Å². The van der Waals surface area contributed by atoms with Gasteiger partial charge in [0, 0.05) is 51.5 Å². The monoisotopic (exact) mass is 566 g/mol. The lowest BCUT2D eigenvalue weighted by atomic mass is 10.2. The van der Waals surface area contributed by atoms with E-state index >= 15 is 0 Å². The first-order valence-corrected chi connectivity index (χ1v) is 11.0. The molecule has 0 unspecified atom stereocenters. The molecule has 0 aromatic heterocycles. The Hall–Kier alpha value is -2.69. The molecule has 0 saturated carbocycles. The summed E-state index contributed by atoms with van der Waals surface area (Å²) in [6.45, 7) is 8.09. The van der Waals surface area contributed by atoms with Gasteiger partial charge in [-0.2, -0.15) is 0 Å². The number of amides is 2. The number of carbonyl (C=O) groups excluding carboxylic acids is 1. The Morgan fingerprint density at radius 3 is 2.33 bits per heavy atom. The molecule has 0 aliphatic carbocycles. The Kier molecular flexibility index (Phi) is 10.6. The molecule has 2 aromatic rings. The summed E-state index contributed by atoms with van der Waals surface area (Å²) in [5.41, 5.74) is 3.02. The van der Waals surface area contributed by atoms with E-state index in [1.807, 2.05) is 63.4 Å². The average Bonchev–Trinajstić information content (AvgIpc) is 2.80. The van der Waals surface area contributed by atoms with E-state index in [0.29, 0.717) is 6.54 Å². The van der Waals surface area contributed by atoms with Crippen LogP contribution in [0.5, 0.6) is 5.75 Å². The number of halogens is 1.